The van der Waals surface area contributed by atoms with Crippen molar-refractivity contribution in [3.63, 3.8) is 0 Å². The second-order valence-corrected chi connectivity index (χ2v) is 11.3. The van der Waals surface area contributed by atoms with Gasteiger partial charge in [-0.15, -0.1) is 0 Å². The maximum atomic E-state index is 13.6. The van der Waals surface area contributed by atoms with Crippen LogP contribution < -0.4 is 0 Å². The maximum absolute atomic E-state index is 13.6. The standard InChI is InChI=1S/C28H24ClF2N3O2.2C4H4O4/c29-22-7-1-21(2-8-22)28(35)26-17-25(36-32-26)18-33-13-15-34(16-14-33)27(19-3-9-23(30)10-4-19)20-5-11-24(31)12-6-20;2*5-3(6)1-2-4(7)8/h1-12,17,27H,13-16,18H2;2*1-2H,(H,5,6)(H,7,8)/b;2*2-1-. The normalized spacial score (nSPS) is 13.2. The van der Waals surface area contributed by atoms with Crippen LogP contribution in [0.3, 0.4) is 0 Å². The van der Waals surface area contributed by atoms with Gasteiger partial charge in [-0.1, -0.05) is 41.0 Å². The lowest BCUT2D eigenvalue weighted by Gasteiger charge is -2.39. The topological polar surface area (TPSA) is 199 Å². The second kappa shape index (κ2) is 20.0. The summed E-state index contributed by atoms with van der Waals surface area (Å²) in [7, 11) is 0. The molecule has 2 heterocycles. The molecule has 0 saturated carbocycles. The zero-order valence-electron chi connectivity index (χ0n) is 27.1. The number of carboxylic acids is 4. The van der Waals surface area contributed by atoms with E-state index < -0.39 is 23.9 Å². The summed E-state index contributed by atoms with van der Waals surface area (Å²) in [5.41, 5.74) is 2.67. The van der Waals surface area contributed by atoms with Crippen LogP contribution in [0, 0.1) is 11.6 Å². The number of rotatable bonds is 11. The number of benzene rings is 3. The fourth-order valence-corrected chi connectivity index (χ4v) is 4.96. The van der Waals surface area contributed by atoms with E-state index in [-0.39, 0.29) is 29.2 Å². The molecule has 0 radical (unpaired) electrons. The van der Waals surface area contributed by atoms with Crippen molar-refractivity contribution >= 4 is 41.3 Å². The summed E-state index contributed by atoms with van der Waals surface area (Å²) in [6.07, 6.45) is 2.23. The molecule has 272 valence electrons. The summed E-state index contributed by atoms with van der Waals surface area (Å²) in [5, 5.41) is 35.8. The lowest BCUT2D eigenvalue weighted by molar-refractivity contribution is -0.134. The second-order valence-electron chi connectivity index (χ2n) is 10.9. The number of nitrogens with zero attached hydrogens (tertiary/aromatic N) is 3. The van der Waals surface area contributed by atoms with Crippen molar-refractivity contribution in [2.75, 3.05) is 26.2 Å². The fourth-order valence-electron chi connectivity index (χ4n) is 4.83. The number of piperazine rings is 1. The molecule has 3 aromatic carbocycles. The third kappa shape index (κ3) is 13.7. The Balaban J connectivity index is 0.000000380. The molecule has 1 aliphatic heterocycles. The number of aliphatic carboxylic acids is 4. The minimum atomic E-state index is -1.26. The van der Waals surface area contributed by atoms with Gasteiger partial charge in [0.2, 0.25) is 5.78 Å². The van der Waals surface area contributed by atoms with Crippen molar-refractivity contribution in [3.8, 4) is 0 Å². The number of halogens is 3. The van der Waals surface area contributed by atoms with E-state index in [0.29, 0.717) is 47.2 Å². The van der Waals surface area contributed by atoms with E-state index in [1.165, 1.54) is 24.3 Å². The van der Waals surface area contributed by atoms with Crippen LogP contribution in [0.5, 0.6) is 0 Å². The van der Waals surface area contributed by atoms with Crippen molar-refractivity contribution in [1.82, 2.24) is 15.0 Å². The van der Waals surface area contributed by atoms with Crippen LogP contribution in [-0.2, 0) is 25.7 Å². The predicted molar refractivity (Wildman–Crippen MR) is 182 cm³/mol. The molecule has 1 saturated heterocycles. The Bertz CT molecular complexity index is 1780. The number of hydrogen-bond acceptors (Lipinski definition) is 9. The highest BCUT2D eigenvalue weighted by atomic mass is 35.5. The molecule has 4 N–H and O–H groups in total. The lowest BCUT2D eigenvalue weighted by atomic mass is 9.96. The van der Waals surface area contributed by atoms with Crippen LogP contribution in [-0.4, -0.2) is 91.2 Å². The highest BCUT2D eigenvalue weighted by Crippen LogP contribution is 2.30. The molecule has 1 aromatic heterocycles. The summed E-state index contributed by atoms with van der Waals surface area (Å²) >= 11 is 5.90. The average Bonchev–Trinajstić information content (AvgIpc) is 3.58. The van der Waals surface area contributed by atoms with Gasteiger partial charge in [-0.2, -0.15) is 0 Å². The number of aromatic nitrogens is 1. The van der Waals surface area contributed by atoms with Crippen LogP contribution in [0.15, 0.2) is 108 Å². The molecule has 0 unspecified atom stereocenters. The molecular formula is C36H32ClF2N3O10. The van der Waals surface area contributed by atoms with E-state index in [2.05, 4.69) is 15.0 Å². The van der Waals surface area contributed by atoms with Crippen molar-refractivity contribution in [3.05, 3.63) is 148 Å². The summed E-state index contributed by atoms with van der Waals surface area (Å²) < 4.78 is 32.6. The van der Waals surface area contributed by atoms with E-state index in [0.717, 1.165) is 37.3 Å². The van der Waals surface area contributed by atoms with Crippen LogP contribution in [0.1, 0.15) is 39.0 Å². The molecule has 0 amide bonds. The van der Waals surface area contributed by atoms with E-state index in [4.69, 9.17) is 36.6 Å². The number of carbonyl (C=O) groups excluding carboxylic acids is 1. The number of hydrogen-bond donors (Lipinski definition) is 4. The molecule has 1 fully saturated rings. The highest BCUT2D eigenvalue weighted by Gasteiger charge is 2.27. The Kier molecular flexibility index (Phi) is 15.5. The molecule has 0 spiro atoms. The van der Waals surface area contributed by atoms with Crippen LogP contribution in [0.2, 0.25) is 5.02 Å². The van der Waals surface area contributed by atoms with E-state index in [1.54, 1.807) is 54.6 Å². The molecule has 0 aliphatic carbocycles. The van der Waals surface area contributed by atoms with E-state index >= 15 is 0 Å². The predicted octanol–water partition coefficient (Wildman–Crippen LogP) is 5.17. The molecule has 1 aliphatic rings. The number of carboxylic acid groups (broad SMARTS) is 4. The van der Waals surface area contributed by atoms with Crippen molar-refractivity contribution in [1.29, 1.82) is 0 Å². The first-order valence-electron chi connectivity index (χ1n) is 15.2. The van der Waals surface area contributed by atoms with Gasteiger partial charge in [-0.3, -0.25) is 14.6 Å². The van der Waals surface area contributed by atoms with Crippen LogP contribution >= 0.6 is 11.6 Å². The Labute approximate surface area is 300 Å². The third-order valence-corrected chi connectivity index (χ3v) is 7.41. The van der Waals surface area contributed by atoms with Gasteiger partial charge in [0.1, 0.15) is 11.6 Å². The number of carbonyl (C=O) groups is 5. The molecule has 4 aromatic rings. The van der Waals surface area contributed by atoms with Gasteiger partial charge in [0.05, 0.1) is 12.6 Å². The molecule has 52 heavy (non-hydrogen) atoms. The Morgan fingerprint density at radius 3 is 1.52 bits per heavy atom. The van der Waals surface area contributed by atoms with E-state index in [1.807, 2.05) is 0 Å². The first-order chi connectivity index (χ1) is 24.7. The first-order valence-corrected chi connectivity index (χ1v) is 15.6. The summed E-state index contributed by atoms with van der Waals surface area (Å²) in [6, 6.07) is 21.2. The third-order valence-electron chi connectivity index (χ3n) is 7.16. The first kappa shape index (κ1) is 40.4. The number of ketones is 1. The molecule has 5 rings (SSSR count). The average molecular weight is 740 g/mol. The minimum absolute atomic E-state index is 0.109. The zero-order valence-corrected chi connectivity index (χ0v) is 27.9. The van der Waals surface area contributed by atoms with Gasteiger partial charge in [0, 0.05) is 67.1 Å². The van der Waals surface area contributed by atoms with Gasteiger partial charge in [-0.05, 0) is 59.7 Å². The highest BCUT2D eigenvalue weighted by molar-refractivity contribution is 6.30. The largest absolute Gasteiger partial charge is 0.478 e. The lowest BCUT2D eigenvalue weighted by Crippen LogP contribution is -2.47. The van der Waals surface area contributed by atoms with Crippen molar-refractivity contribution < 1.29 is 57.7 Å². The smallest absolute Gasteiger partial charge is 0.328 e. The maximum Gasteiger partial charge on any atom is 0.328 e. The quantitative estimate of drug-likeness (QED) is 0.116. The SMILES string of the molecule is O=C(O)/C=C\C(=O)O.O=C(O)/C=C\C(=O)O.O=C(c1ccc(Cl)cc1)c1cc(CN2CCN(C(c3ccc(F)cc3)c3ccc(F)cc3)CC2)on1. The fraction of sp³-hybridized carbons (Fsp3) is 0.167. The monoisotopic (exact) mass is 739 g/mol. The van der Waals surface area contributed by atoms with Gasteiger partial charge < -0.3 is 24.9 Å². The summed E-state index contributed by atoms with van der Waals surface area (Å²) in [4.78, 5) is 55.4. The molecule has 0 bridgehead atoms. The van der Waals surface area contributed by atoms with Gasteiger partial charge in [0.15, 0.2) is 11.5 Å². The van der Waals surface area contributed by atoms with Gasteiger partial charge >= 0.3 is 23.9 Å². The van der Waals surface area contributed by atoms with Crippen LogP contribution in [0.25, 0.3) is 0 Å². The summed E-state index contributed by atoms with van der Waals surface area (Å²) in [5.74, 6) is -5.20. The van der Waals surface area contributed by atoms with Crippen molar-refractivity contribution in [2.45, 2.75) is 12.6 Å². The Hall–Kier alpha value is -6.03. The Morgan fingerprint density at radius 1 is 0.692 bits per heavy atom. The van der Waals surface area contributed by atoms with E-state index in [9.17, 15) is 32.8 Å². The molecule has 0 atom stereocenters. The Morgan fingerprint density at radius 2 is 1.12 bits per heavy atom. The molecule has 16 heteroatoms. The van der Waals surface area contributed by atoms with Gasteiger partial charge in [-0.25, -0.2) is 28.0 Å². The van der Waals surface area contributed by atoms with Crippen molar-refractivity contribution in [2.24, 2.45) is 0 Å². The summed E-state index contributed by atoms with van der Waals surface area (Å²) in [6.45, 7) is 3.57. The molecule has 13 nitrogen and oxygen atoms in total. The van der Waals surface area contributed by atoms with Gasteiger partial charge in [0.25, 0.3) is 0 Å². The zero-order chi connectivity index (χ0) is 38.2. The molecular weight excluding hydrogens is 708 g/mol. The van der Waals surface area contributed by atoms with Crippen LogP contribution in [0.4, 0.5) is 8.78 Å². The minimum Gasteiger partial charge on any atom is -0.478 e.